The standard InChI is InChI=1S/C28H33O4Si/c1-19-10-7-8-13-23(19)25-17-21(14-15-24(25)26(29)30)27(32-33(5)6)31-18-20-11-9-12-22(16-20)28(2,3)4/h7-17,27H,18H2,1-6H3,(H,29,30). The first-order valence-electron chi connectivity index (χ1n) is 11.2. The molecule has 3 aromatic rings. The van der Waals surface area contributed by atoms with Crippen LogP contribution in [0.2, 0.25) is 13.1 Å². The average Bonchev–Trinajstić information content (AvgIpc) is 2.76. The van der Waals surface area contributed by atoms with Gasteiger partial charge in [-0.05, 0) is 65.4 Å². The van der Waals surface area contributed by atoms with Gasteiger partial charge in [0.25, 0.3) is 0 Å². The normalized spacial score (nSPS) is 12.7. The first-order chi connectivity index (χ1) is 15.6. The van der Waals surface area contributed by atoms with Crippen molar-refractivity contribution < 1.29 is 19.1 Å². The van der Waals surface area contributed by atoms with Crippen molar-refractivity contribution >= 4 is 15.0 Å². The molecule has 1 N–H and O–H groups in total. The van der Waals surface area contributed by atoms with Gasteiger partial charge in [-0.2, -0.15) is 0 Å². The van der Waals surface area contributed by atoms with Gasteiger partial charge in [0.15, 0.2) is 6.29 Å². The second-order valence-corrected chi connectivity index (χ2v) is 11.6. The summed E-state index contributed by atoms with van der Waals surface area (Å²) in [5, 5.41) is 9.78. The topological polar surface area (TPSA) is 55.8 Å². The minimum absolute atomic E-state index is 0.0595. The highest BCUT2D eigenvalue weighted by atomic mass is 28.3. The zero-order chi connectivity index (χ0) is 24.2. The lowest BCUT2D eigenvalue weighted by Crippen LogP contribution is -2.17. The van der Waals surface area contributed by atoms with Crippen molar-refractivity contribution in [3.8, 4) is 11.1 Å². The van der Waals surface area contributed by atoms with E-state index >= 15 is 0 Å². The highest BCUT2D eigenvalue weighted by Gasteiger charge is 2.21. The largest absolute Gasteiger partial charge is 0.478 e. The second kappa shape index (κ2) is 10.5. The summed E-state index contributed by atoms with van der Waals surface area (Å²) in [5.74, 6) is -0.951. The Bertz CT molecular complexity index is 1110. The molecule has 173 valence electrons. The minimum atomic E-state index is -1.07. The van der Waals surface area contributed by atoms with E-state index in [1.165, 1.54) is 5.56 Å². The van der Waals surface area contributed by atoms with Crippen molar-refractivity contribution in [1.29, 1.82) is 0 Å². The number of rotatable bonds is 8. The molecule has 0 aliphatic carbocycles. The molecule has 1 atom stereocenters. The zero-order valence-corrected chi connectivity index (χ0v) is 21.3. The Labute approximate surface area is 198 Å². The molecule has 0 fully saturated rings. The highest BCUT2D eigenvalue weighted by Crippen LogP contribution is 2.32. The number of carboxylic acid groups (broad SMARTS) is 1. The van der Waals surface area contributed by atoms with E-state index < -0.39 is 21.3 Å². The summed E-state index contributed by atoms with van der Waals surface area (Å²) in [6, 6.07) is 21.6. The highest BCUT2D eigenvalue weighted by molar-refractivity contribution is 6.48. The fourth-order valence-electron chi connectivity index (χ4n) is 3.70. The Morgan fingerprint density at radius 2 is 1.70 bits per heavy atom. The summed E-state index contributed by atoms with van der Waals surface area (Å²) in [6.07, 6.45) is -0.571. The number of aromatic carboxylic acids is 1. The first kappa shape index (κ1) is 24.9. The summed E-state index contributed by atoms with van der Waals surface area (Å²) in [4.78, 5) is 11.9. The van der Waals surface area contributed by atoms with E-state index in [9.17, 15) is 9.90 Å². The van der Waals surface area contributed by atoms with E-state index in [4.69, 9.17) is 9.16 Å². The number of hydrogen-bond acceptors (Lipinski definition) is 3. The molecule has 0 bridgehead atoms. The summed E-state index contributed by atoms with van der Waals surface area (Å²) in [6.45, 7) is 13.1. The number of ether oxygens (including phenoxy) is 1. The van der Waals surface area contributed by atoms with Crippen LogP contribution in [0.4, 0.5) is 0 Å². The second-order valence-electron chi connectivity index (χ2n) is 9.54. The van der Waals surface area contributed by atoms with Crippen LogP contribution < -0.4 is 0 Å². The molecule has 0 saturated heterocycles. The lowest BCUT2D eigenvalue weighted by Gasteiger charge is -2.23. The lowest BCUT2D eigenvalue weighted by atomic mass is 9.86. The van der Waals surface area contributed by atoms with Crippen LogP contribution in [0.25, 0.3) is 11.1 Å². The summed E-state index contributed by atoms with van der Waals surface area (Å²) >= 11 is 0. The molecule has 1 unspecified atom stereocenters. The molecule has 0 aliphatic rings. The maximum atomic E-state index is 11.9. The minimum Gasteiger partial charge on any atom is -0.478 e. The van der Waals surface area contributed by atoms with Crippen LogP contribution in [-0.2, 0) is 21.2 Å². The van der Waals surface area contributed by atoms with Crippen LogP contribution in [0, 0.1) is 6.92 Å². The molecule has 1 radical (unpaired) electrons. The number of carboxylic acids is 1. The fourth-order valence-corrected chi connectivity index (χ4v) is 4.34. The molecule has 0 aliphatic heterocycles. The predicted molar refractivity (Wildman–Crippen MR) is 135 cm³/mol. The molecule has 33 heavy (non-hydrogen) atoms. The third-order valence-corrected chi connectivity index (χ3v) is 6.20. The maximum Gasteiger partial charge on any atom is 0.336 e. The molecule has 4 nitrogen and oxygen atoms in total. The Hall–Kier alpha value is -2.73. The van der Waals surface area contributed by atoms with Crippen LogP contribution >= 0.6 is 0 Å². The van der Waals surface area contributed by atoms with Crippen molar-refractivity contribution in [3.63, 3.8) is 0 Å². The van der Waals surface area contributed by atoms with Crippen LogP contribution in [-0.4, -0.2) is 20.1 Å². The van der Waals surface area contributed by atoms with Gasteiger partial charge in [-0.3, -0.25) is 0 Å². The van der Waals surface area contributed by atoms with Gasteiger partial charge in [0.1, 0.15) is 0 Å². The van der Waals surface area contributed by atoms with E-state index in [1.54, 1.807) is 12.1 Å². The van der Waals surface area contributed by atoms with Gasteiger partial charge in [0.05, 0.1) is 12.2 Å². The third kappa shape index (κ3) is 6.41. The summed E-state index contributed by atoms with van der Waals surface area (Å²) in [7, 11) is -1.07. The van der Waals surface area contributed by atoms with Crippen molar-refractivity contribution in [1.82, 2.24) is 0 Å². The monoisotopic (exact) mass is 461 g/mol. The van der Waals surface area contributed by atoms with Gasteiger partial charge >= 0.3 is 5.97 Å². The third-order valence-electron chi connectivity index (χ3n) is 5.52. The van der Waals surface area contributed by atoms with E-state index in [-0.39, 0.29) is 11.0 Å². The van der Waals surface area contributed by atoms with E-state index in [0.29, 0.717) is 12.2 Å². The van der Waals surface area contributed by atoms with Crippen LogP contribution in [0.3, 0.4) is 0 Å². The average molecular weight is 462 g/mol. The number of carbonyl (C=O) groups is 1. The molecule has 5 heteroatoms. The smallest absolute Gasteiger partial charge is 0.336 e. The lowest BCUT2D eigenvalue weighted by molar-refractivity contribution is -0.0949. The summed E-state index contributed by atoms with van der Waals surface area (Å²) < 4.78 is 12.5. The van der Waals surface area contributed by atoms with Crippen molar-refractivity contribution in [2.45, 2.75) is 59.1 Å². The predicted octanol–water partition coefficient (Wildman–Crippen LogP) is 7.14. The van der Waals surface area contributed by atoms with Gasteiger partial charge in [-0.1, -0.05) is 75.4 Å². The quantitative estimate of drug-likeness (QED) is 0.286. The summed E-state index contributed by atoms with van der Waals surface area (Å²) in [5.41, 5.74) is 6.06. The number of hydrogen-bond donors (Lipinski definition) is 1. The van der Waals surface area contributed by atoms with Crippen molar-refractivity contribution in [2.24, 2.45) is 0 Å². The molecule has 3 rings (SSSR count). The van der Waals surface area contributed by atoms with Gasteiger partial charge in [0.2, 0.25) is 9.04 Å². The molecule has 0 aromatic heterocycles. The molecular formula is C28H33O4Si. The van der Waals surface area contributed by atoms with Gasteiger partial charge in [-0.25, -0.2) is 4.79 Å². The maximum absolute atomic E-state index is 11.9. The van der Waals surface area contributed by atoms with Crippen LogP contribution in [0.15, 0.2) is 66.7 Å². The fraction of sp³-hybridized carbons (Fsp3) is 0.321. The van der Waals surface area contributed by atoms with E-state index in [0.717, 1.165) is 22.3 Å². The van der Waals surface area contributed by atoms with E-state index in [2.05, 4.69) is 58.1 Å². The van der Waals surface area contributed by atoms with Crippen molar-refractivity contribution in [2.75, 3.05) is 0 Å². The zero-order valence-electron chi connectivity index (χ0n) is 20.3. The van der Waals surface area contributed by atoms with Crippen LogP contribution in [0.5, 0.6) is 0 Å². The molecular weight excluding hydrogens is 428 g/mol. The Balaban J connectivity index is 1.95. The molecule has 0 saturated carbocycles. The molecule has 3 aromatic carbocycles. The van der Waals surface area contributed by atoms with Gasteiger partial charge in [0, 0.05) is 5.56 Å². The first-order valence-corrected chi connectivity index (χ1v) is 13.6. The van der Waals surface area contributed by atoms with Crippen LogP contribution in [0.1, 0.15) is 59.7 Å². The SMILES string of the molecule is Cc1ccccc1-c1cc(C(OCc2cccc(C(C)(C)C)c2)O[Si](C)C)ccc1C(=O)O. The Morgan fingerprint density at radius 3 is 2.33 bits per heavy atom. The van der Waals surface area contributed by atoms with E-state index in [1.807, 2.05) is 37.3 Å². The Kier molecular flexibility index (Phi) is 7.90. The Morgan fingerprint density at radius 1 is 0.970 bits per heavy atom. The number of benzene rings is 3. The van der Waals surface area contributed by atoms with Crippen molar-refractivity contribution in [3.05, 3.63) is 94.5 Å². The van der Waals surface area contributed by atoms with Gasteiger partial charge in [-0.15, -0.1) is 0 Å². The van der Waals surface area contributed by atoms with Gasteiger partial charge < -0.3 is 14.3 Å². The molecule has 0 amide bonds. The number of aryl methyl sites for hydroxylation is 1. The molecule has 0 spiro atoms. The molecule has 0 heterocycles.